The van der Waals surface area contributed by atoms with Gasteiger partial charge in [0.2, 0.25) is 0 Å². The van der Waals surface area contributed by atoms with Crippen LogP contribution in [0.2, 0.25) is 0 Å². The smallest absolute Gasteiger partial charge is 0.136 e. The second kappa shape index (κ2) is 5.39. The highest BCUT2D eigenvalue weighted by atomic mass is 16.6. The van der Waals surface area contributed by atoms with Gasteiger partial charge in [-0.05, 0) is 36.4 Å². The summed E-state index contributed by atoms with van der Waals surface area (Å²) >= 11 is 0. The summed E-state index contributed by atoms with van der Waals surface area (Å²) in [7, 11) is 4.16. The summed E-state index contributed by atoms with van der Waals surface area (Å²) in [5.41, 5.74) is 3.64. The monoisotopic (exact) mass is 332 g/mol. The molecule has 2 aromatic heterocycles. The quantitative estimate of drug-likeness (QED) is 0.519. The fourth-order valence-corrected chi connectivity index (χ4v) is 3.57. The molecule has 25 heavy (non-hydrogen) atoms. The minimum absolute atomic E-state index is 0.380. The van der Waals surface area contributed by atoms with Gasteiger partial charge >= 0.3 is 0 Å². The van der Waals surface area contributed by atoms with Crippen molar-refractivity contribution in [2.75, 3.05) is 6.61 Å². The molecular weight excluding hydrogens is 312 g/mol. The molecule has 0 amide bonds. The molecule has 4 aromatic rings. The summed E-state index contributed by atoms with van der Waals surface area (Å²) in [4.78, 5) is 0. The van der Waals surface area contributed by atoms with Gasteiger partial charge in [-0.2, -0.15) is 0 Å². The fourth-order valence-electron chi connectivity index (χ4n) is 3.57. The molecule has 1 atom stereocenters. The molecule has 0 unspecified atom stereocenters. The van der Waals surface area contributed by atoms with Gasteiger partial charge in [0.15, 0.2) is 0 Å². The lowest BCUT2D eigenvalue weighted by molar-refractivity contribution is 0.405. The molecule has 0 saturated carbocycles. The van der Waals surface area contributed by atoms with Gasteiger partial charge in [-0.15, -0.1) is 0 Å². The van der Waals surface area contributed by atoms with E-state index in [4.69, 9.17) is 9.47 Å². The Balaban J connectivity index is 1.60. The lowest BCUT2D eigenvalue weighted by Crippen LogP contribution is -2.00. The predicted octanol–water partition coefficient (Wildman–Crippen LogP) is 4.40. The van der Waals surface area contributed by atoms with Gasteiger partial charge in [-0.1, -0.05) is 12.1 Å². The lowest BCUT2D eigenvalue weighted by Gasteiger charge is -2.09. The molecule has 4 nitrogen and oxygen atoms in total. The molecular formula is C21H20N2O2. The van der Waals surface area contributed by atoms with E-state index in [2.05, 4.69) is 59.8 Å². The van der Waals surface area contributed by atoms with Gasteiger partial charge in [0.25, 0.3) is 0 Å². The van der Waals surface area contributed by atoms with Crippen LogP contribution in [-0.4, -0.2) is 21.8 Å². The fraction of sp³-hybridized carbons (Fsp3) is 0.238. The van der Waals surface area contributed by atoms with Crippen molar-refractivity contribution in [3.05, 3.63) is 60.4 Å². The van der Waals surface area contributed by atoms with E-state index in [0.29, 0.717) is 6.10 Å². The van der Waals surface area contributed by atoms with Crippen LogP contribution in [0.1, 0.15) is 5.69 Å². The zero-order valence-corrected chi connectivity index (χ0v) is 14.4. The number of rotatable bonds is 4. The van der Waals surface area contributed by atoms with Crippen LogP contribution in [0.15, 0.2) is 54.7 Å². The summed E-state index contributed by atoms with van der Waals surface area (Å²) in [5.74, 6) is 1.79. The predicted molar refractivity (Wildman–Crippen MR) is 99.4 cm³/mol. The molecule has 5 rings (SSSR count). The average Bonchev–Trinajstić information content (AvgIpc) is 3.28. The highest BCUT2D eigenvalue weighted by molar-refractivity contribution is 5.90. The number of ether oxygens (including phenoxy) is 2. The Labute approximate surface area is 146 Å². The number of aromatic nitrogens is 2. The number of fused-ring (bicyclic) bond motifs is 2. The first kappa shape index (κ1) is 14.6. The number of hydrogen-bond donors (Lipinski definition) is 0. The van der Waals surface area contributed by atoms with Crippen molar-refractivity contribution < 1.29 is 9.47 Å². The van der Waals surface area contributed by atoms with Crippen LogP contribution in [0, 0.1) is 0 Å². The molecule has 1 fully saturated rings. The normalized spacial score (nSPS) is 16.6. The molecule has 0 N–H and O–H groups in total. The lowest BCUT2D eigenvalue weighted by atomic mass is 10.2. The third-order valence-corrected chi connectivity index (χ3v) is 5.09. The largest absolute Gasteiger partial charge is 0.456 e. The minimum Gasteiger partial charge on any atom is -0.456 e. The molecule has 0 radical (unpaired) electrons. The second-order valence-corrected chi connectivity index (χ2v) is 6.76. The first-order chi connectivity index (χ1) is 12.2. The Hall–Kier alpha value is -2.72. The first-order valence-corrected chi connectivity index (χ1v) is 8.61. The Morgan fingerprint density at radius 1 is 1.00 bits per heavy atom. The molecule has 2 aromatic carbocycles. The van der Waals surface area contributed by atoms with E-state index in [0.717, 1.165) is 35.3 Å². The van der Waals surface area contributed by atoms with E-state index in [1.807, 2.05) is 18.2 Å². The SMILES string of the molecule is Cn1ccc2c(Oc3cccc4c3cc(C[C@H]3CO3)n4C)cccc21. The number of epoxide rings is 1. The van der Waals surface area contributed by atoms with Crippen molar-refractivity contribution in [2.45, 2.75) is 12.5 Å². The highest BCUT2D eigenvalue weighted by Gasteiger charge is 2.24. The van der Waals surface area contributed by atoms with Gasteiger partial charge in [0, 0.05) is 43.2 Å². The molecule has 3 heterocycles. The Morgan fingerprint density at radius 3 is 2.48 bits per heavy atom. The second-order valence-electron chi connectivity index (χ2n) is 6.76. The van der Waals surface area contributed by atoms with E-state index in [9.17, 15) is 0 Å². The number of nitrogens with zero attached hydrogens (tertiary/aromatic N) is 2. The molecule has 1 aliphatic heterocycles. The molecule has 0 spiro atoms. The van der Waals surface area contributed by atoms with Crippen molar-refractivity contribution in [2.24, 2.45) is 14.1 Å². The van der Waals surface area contributed by atoms with Crippen molar-refractivity contribution in [3.63, 3.8) is 0 Å². The summed E-state index contributed by atoms with van der Waals surface area (Å²) in [6, 6.07) is 16.8. The zero-order chi connectivity index (χ0) is 17.0. The van der Waals surface area contributed by atoms with Gasteiger partial charge in [0.1, 0.15) is 11.5 Å². The van der Waals surface area contributed by atoms with E-state index in [1.165, 1.54) is 16.7 Å². The first-order valence-electron chi connectivity index (χ1n) is 8.61. The van der Waals surface area contributed by atoms with E-state index < -0.39 is 0 Å². The Morgan fingerprint density at radius 2 is 1.72 bits per heavy atom. The maximum Gasteiger partial charge on any atom is 0.136 e. The summed E-state index contributed by atoms with van der Waals surface area (Å²) in [6.07, 6.45) is 3.40. The van der Waals surface area contributed by atoms with Crippen LogP contribution in [0.25, 0.3) is 21.8 Å². The van der Waals surface area contributed by atoms with Crippen LogP contribution in [0.5, 0.6) is 11.5 Å². The third kappa shape index (κ3) is 2.41. The number of hydrogen-bond acceptors (Lipinski definition) is 2. The molecule has 4 heteroatoms. The topological polar surface area (TPSA) is 31.6 Å². The summed E-state index contributed by atoms with van der Waals surface area (Å²) < 4.78 is 16.1. The van der Waals surface area contributed by atoms with Crippen molar-refractivity contribution in [3.8, 4) is 11.5 Å². The van der Waals surface area contributed by atoms with Crippen LogP contribution in [0.4, 0.5) is 0 Å². The third-order valence-electron chi connectivity index (χ3n) is 5.09. The molecule has 1 saturated heterocycles. The zero-order valence-electron chi connectivity index (χ0n) is 14.4. The van der Waals surface area contributed by atoms with Crippen LogP contribution < -0.4 is 4.74 Å². The van der Waals surface area contributed by atoms with Crippen LogP contribution >= 0.6 is 0 Å². The molecule has 0 bridgehead atoms. The van der Waals surface area contributed by atoms with Crippen molar-refractivity contribution >= 4 is 21.8 Å². The Kier molecular flexibility index (Phi) is 3.15. The highest BCUT2D eigenvalue weighted by Crippen LogP contribution is 2.36. The van der Waals surface area contributed by atoms with Crippen molar-refractivity contribution in [1.29, 1.82) is 0 Å². The minimum atomic E-state index is 0.380. The molecule has 0 aliphatic carbocycles. The van der Waals surface area contributed by atoms with E-state index in [-0.39, 0.29) is 0 Å². The molecule has 126 valence electrons. The van der Waals surface area contributed by atoms with Gasteiger partial charge in [-0.3, -0.25) is 0 Å². The van der Waals surface area contributed by atoms with Crippen LogP contribution in [-0.2, 0) is 25.3 Å². The Bertz CT molecular complexity index is 1090. The van der Waals surface area contributed by atoms with Gasteiger partial charge < -0.3 is 18.6 Å². The number of aryl methyl sites for hydroxylation is 2. The molecule has 1 aliphatic rings. The maximum atomic E-state index is 6.35. The van der Waals surface area contributed by atoms with Gasteiger partial charge in [-0.25, -0.2) is 0 Å². The summed E-state index contributed by atoms with van der Waals surface area (Å²) in [5, 5.41) is 2.28. The standard InChI is InChI=1S/C21H20N2O2/c1-22-10-9-16-18(22)5-3-7-20(16)25-21-8-4-6-19-17(21)12-14(23(19)2)11-15-13-24-15/h3-10,12,15H,11,13H2,1-2H3/t15-/m0/s1. The van der Waals surface area contributed by atoms with Crippen molar-refractivity contribution in [1.82, 2.24) is 9.13 Å². The van der Waals surface area contributed by atoms with Gasteiger partial charge in [0.05, 0.1) is 23.7 Å². The van der Waals surface area contributed by atoms with E-state index in [1.54, 1.807) is 0 Å². The summed E-state index contributed by atoms with van der Waals surface area (Å²) in [6.45, 7) is 0.876. The van der Waals surface area contributed by atoms with Crippen LogP contribution in [0.3, 0.4) is 0 Å². The number of benzene rings is 2. The maximum absolute atomic E-state index is 6.35. The average molecular weight is 332 g/mol. The van der Waals surface area contributed by atoms with E-state index >= 15 is 0 Å².